The molecule has 168 valence electrons. The molecule has 1 amide bonds. The van der Waals surface area contributed by atoms with Gasteiger partial charge in [0.1, 0.15) is 12.1 Å². The number of nitrogens with one attached hydrogen (secondary N) is 3. The molecule has 0 aliphatic carbocycles. The maximum atomic E-state index is 11.2. The van der Waals surface area contributed by atoms with Crippen molar-refractivity contribution in [1.82, 2.24) is 19.7 Å². The molecule has 3 aromatic carbocycles. The van der Waals surface area contributed by atoms with Gasteiger partial charge in [-0.3, -0.25) is 4.79 Å². The molecular formula is C25H20ClN7O. The molecular weight excluding hydrogens is 450 g/mol. The van der Waals surface area contributed by atoms with Crippen molar-refractivity contribution in [3.63, 3.8) is 0 Å². The minimum absolute atomic E-state index is 0.0953. The summed E-state index contributed by atoms with van der Waals surface area (Å²) in [7, 11) is 0. The number of nitrogens with zero attached hydrogens (tertiary/aromatic N) is 4. The van der Waals surface area contributed by atoms with Crippen LogP contribution in [0.1, 0.15) is 6.92 Å². The molecule has 34 heavy (non-hydrogen) atoms. The molecule has 2 heterocycles. The molecule has 2 aromatic heterocycles. The van der Waals surface area contributed by atoms with Crippen LogP contribution in [0.5, 0.6) is 0 Å². The molecule has 0 saturated carbocycles. The van der Waals surface area contributed by atoms with Gasteiger partial charge in [-0.15, -0.1) is 0 Å². The first kappa shape index (κ1) is 21.4. The fourth-order valence-electron chi connectivity index (χ4n) is 3.50. The van der Waals surface area contributed by atoms with E-state index in [0.29, 0.717) is 16.5 Å². The van der Waals surface area contributed by atoms with Gasteiger partial charge in [0.2, 0.25) is 5.91 Å². The van der Waals surface area contributed by atoms with E-state index in [0.717, 1.165) is 33.8 Å². The van der Waals surface area contributed by atoms with Gasteiger partial charge in [-0.25, -0.2) is 14.6 Å². The van der Waals surface area contributed by atoms with E-state index in [9.17, 15) is 4.79 Å². The van der Waals surface area contributed by atoms with Crippen LogP contribution in [0.3, 0.4) is 0 Å². The average molecular weight is 470 g/mol. The van der Waals surface area contributed by atoms with Gasteiger partial charge in [0, 0.05) is 34.7 Å². The van der Waals surface area contributed by atoms with E-state index in [1.54, 1.807) is 10.9 Å². The van der Waals surface area contributed by atoms with Crippen molar-refractivity contribution in [2.75, 3.05) is 16.0 Å². The maximum absolute atomic E-state index is 11.2. The number of rotatable bonds is 6. The summed E-state index contributed by atoms with van der Waals surface area (Å²) in [4.78, 5) is 20.0. The van der Waals surface area contributed by atoms with E-state index >= 15 is 0 Å². The summed E-state index contributed by atoms with van der Waals surface area (Å²) < 4.78 is 1.75. The Kier molecular flexibility index (Phi) is 5.80. The van der Waals surface area contributed by atoms with Crippen LogP contribution in [0.4, 0.5) is 28.6 Å². The van der Waals surface area contributed by atoms with Crippen molar-refractivity contribution in [3.05, 3.63) is 90.3 Å². The number of fused-ring (bicyclic) bond motifs is 1. The molecule has 5 rings (SSSR count). The predicted molar refractivity (Wildman–Crippen MR) is 135 cm³/mol. The molecule has 5 aromatic rings. The molecule has 0 fully saturated rings. The molecule has 0 spiro atoms. The van der Waals surface area contributed by atoms with Crippen molar-refractivity contribution in [2.24, 2.45) is 0 Å². The maximum Gasteiger partial charge on any atom is 0.221 e. The van der Waals surface area contributed by atoms with Crippen LogP contribution in [0.2, 0.25) is 5.02 Å². The Balaban J connectivity index is 1.31. The number of anilines is 5. The van der Waals surface area contributed by atoms with Crippen LogP contribution in [-0.2, 0) is 4.79 Å². The smallest absolute Gasteiger partial charge is 0.221 e. The number of carbonyl (C=O) groups is 1. The topological polar surface area (TPSA) is 96.8 Å². The van der Waals surface area contributed by atoms with Crippen LogP contribution in [0.25, 0.3) is 16.7 Å². The van der Waals surface area contributed by atoms with Crippen molar-refractivity contribution in [3.8, 4) is 5.69 Å². The van der Waals surface area contributed by atoms with Crippen LogP contribution in [0, 0.1) is 0 Å². The molecule has 0 aliphatic rings. The van der Waals surface area contributed by atoms with Gasteiger partial charge in [0.15, 0.2) is 5.65 Å². The summed E-state index contributed by atoms with van der Waals surface area (Å²) in [5.74, 6) is 0.571. The lowest BCUT2D eigenvalue weighted by Gasteiger charge is -2.10. The third kappa shape index (κ3) is 4.67. The zero-order chi connectivity index (χ0) is 23.5. The Morgan fingerprint density at radius 1 is 0.794 bits per heavy atom. The number of carbonyl (C=O) groups excluding carboxylic acids is 1. The molecule has 0 bridgehead atoms. The standard InChI is InChI=1S/C25H20ClN7O/c1-16(34)30-18-4-6-19(7-5-18)31-20-8-10-21(11-9-20)32-24-23-14-29-33(25(23)28-15-27-24)22-12-2-17(26)3-13-22/h2-15,31H,1H3,(H,30,34)(H,27,28,32). The lowest BCUT2D eigenvalue weighted by atomic mass is 10.2. The number of benzene rings is 3. The van der Waals surface area contributed by atoms with E-state index in [1.807, 2.05) is 72.8 Å². The van der Waals surface area contributed by atoms with Crippen LogP contribution in [0.15, 0.2) is 85.3 Å². The first-order chi connectivity index (χ1) is 16.5. The molecule has 0 radical (unpaired) electrons. The summed E-state index contributed by atoms with van der Waals surface area (Å²) in [5.41, 5.74) is 5.05. The second-order valence-electron chi connectivity index (χ2n) is 7.58. The highest BCUT2D eigenvalue weighted by Gasteiger charge is 2.11. The van der Waals surface area contributed by atoms with Crippen molar-refractivity contribution in [2.45, 2.75) is 6.92 Å². The Labute approximate surface area is 200 Å². The number of hydrogen-bond acceptors (Lipinski definition) is 6. The fraction of sp³-hybridized carbons (Fsp3) is 0.0400. The lowest BCUT2D eigenvalue weighted by molar-refractivity contribution is -0.114. The van der Waals surface area contributed by atoms with Crippen molar-refractivity contribution < 1.29 is 4.79 Å². The molecule has 0 atom stereocenters. The molecule has 3 N–H and O–H groups in total. The van der Waals surface area contributed by atoms with E-state index in [4.69, 9.17) is 11.6 Å². The summed E-state index contributed by atoms with van der Waals surface area (Å²) in [6.07, 6.45) is 3.26. The van der Waals surface area contributed by atoms with Crippen molar-refractivity contribution in [1.29, 1.82) is 0 Å². The summed E-state index contributed by atoms with van der Waals surface area (Å²) in [5, 5.41) is 15.4. The van der Waals surface area contributed by atoms with Gasteiger partial charge in [-0.05, 0) is 72.8 Å². The fourth-order valence-corrected chi connectivity index (χ4v) is 3.62. The third-order valence-corrected chi connectivity index (χ3v) is 5.33. The molecule has 0 unspecified atom stereocenters. The Morgan fingerprint density at radius 3 is 2.00 bits per heavy atom. The summed E-state index contributed by atoms with van der Waals surface area (Å²) >= 11 is 6.00. The monoisotopic (exact) mass is 469 g/mol. The number of halogens is 1. The van der Waals surface area contributed by atoms with Gasteiger partial charge in [-0.1, -0.05) is 11.6 Å². The highest BCUT2D eigenvalue weighted by atomic mass is 35.5. The third-order valence-electron chi connectivity index (χ3n) is 5.08. The summed E-state index contributed by atoms with van der Waals surface area (Å²) in [6.45, 7) is 1.49. The largest absolute Gasteiger partial charge is 0.356 e. The van der Waals surface area contributed by atoms with Crippen LogP contribution >= 0.6 is 11.6 Å². The minimum atomic E-state index is -0.0953. The quantitative estimate of drug-likeness (QED) is 0.286. The molecule has 0 saturated heterocycles. The number of aromatic nitrogens is 4. The zero-order valence-electron chi connectivity index (χ0n) is 18.2. The van der Waals surface area contributed by atoms with Gasteiger partial charge in [0.05, 0.1) is 17.3 Å². The van der Waals surface area contributed by atoms with Crippen LogP contribution < -0.4 is 16.0 Å². The normalized spacial score (nSPS) is 10.8. The average Bonchev–Trinajstić information content (AvgIpc) is 3.27. The Morgan fingerprint density at radius 2 is 1.38 bits per heavy atom. The number of hydrogen-bond donors (Lipinski definition) is 3. The van der Waals surface area contributed by atoms with Crippen molar-refractivity contribution >= 4 is 57.1 Å². The highest BCUT2D eigenvalue weighted by molar-refractivity contribution is 6.30. The van der Waals surface area contributed by atoms with Gasteiger partial charge >= 0.3 is 0 Å². The SMILES string of the molecule is CC(=O)Nc1ccc(Nc2ccc(Nc3ncnc4c3cnn4-c3ccc(Cl)cc3)cc2)cc1. The molecule has 8 nitrogen and oxygen atoms in total. The predicted octanol–water partition coefficient (Wildman–Crippen LogP) is 5.91. The van der Waals surface area contributed by atoms with Gasteiger partial charge < -0.3 is 16.0 Å². The molecule has 9 heteroatoms. The Bertz CT molecular complexity index is 1450. The highest BCUT2D eigenvalue weighted by Crippen LogP contribution is 2.26. The van der Waals surface area contributed by atoms with E-state index < -0.39 is 0 Å². The van der Waals surface area contributed by atoms with Gasteiger partial charge in [-0.2, -0.15) is 5.10 Å². The van der Waals surface area contributed by atoms with Gasteiger partial charge in [0.25, 0.3) is 0 Å². The number of amides is 1. The second kappa shape index (κ2) is 9.21. The minimum Gasteiger partial charge on any atom is -0.356 e. The second-order valence-corrected chi connectivity index (χ2v) is 8.01. The zero-order valence-corrected chi connectivity index (χ0v) is 18.9. The lowest BCUT2D eigenvalue weighted by Crippen LogP contribution is -2.05. The molecule has 0 aliphatic heterocycles. The van der Waals surface area contributed by atoms with E-state index in [2.05, 4.69) is 31.0 Å². The van der Waals surface area contributed by atoms with E-state index in [1.165, 1.54) is 13.3 Å². The summed E-state index contributed by atoms with van der Waals surface area (Å²) in [6, 6.07) is 22.8. The van der Waals surface area contributed by atoms with E-state index in [-0.39, 0.29) is 5.91 Å². The van der Waals surface area contributed by atoms with Crippen LogP contribution in [-0.4, -0.2) is 25.7 Å². The first-order valence-electron chi connectivity index (χ1n) is 10.5. The first-order valence-corrected chi connectivity index (χ1v) is 10.9. The Hall–Kier alpha value is -4.43.